The van der Waals surface area contributed by atoms with E-state index in [9.17, 15) is 17.6 Å². The summed E-state index contributed by atoms with van der Waals surface area (Å²) in [6.07, 6.45) is 0.336. The predicted molar refractivity (Wildman–Crippen MR) is 66.5 cm³/mol. The standard InChI is InChI=1S/C12H14FNO3S/c1-8-2-3-10(6-11(8)13)14-12(15)9-4-5-18(16,17)7-9/h2-3,6,9H,4-5,7H2,1H3,(H,14,15). The van der Waals surface area contributed by atoms with Crippen molar-refractivity contribution in [2.24, 2.45) is 5.92 Å². The summed E-state index contributed by atoms with van der Waals surface area (Å²) in [6, 6.07) is 4.40. The first-order valence-corrected chi connectivity index (χ1v) is 7.47. The maximum atomic E-state index is 13.3. The van der Waals surface area contributed by atoms with Gasteiger partial charge in [0.2, 0.25) is 5.91 Å². The number of anilines is 1. The number of nitrogens with one attached hydrogen (secondary N) is 1. The van der Waals surface area contributed by atoms with Crippen LogP contribution in [0.5, 0.6) is 0 Å². The molecule has 0 bridgehead atoms. The van der Waals surface area contributed by atoms with Crippen molar-refractivity contribution in [3.8, 4) is 0 Å². The molecule has 18 heavy (non-hydrogen) atoms. The summed E-state index contributed by atoms with van der Waals surface area (Å²) < 4.78 is 35.8. The van der Waals surface area contributed by atoms with Crippen molar-refractivity contribution >= 4 is 21.4 Å². The molecular formula is C12H14FNO3S. The van der Waals surface area contributed by atoms with Crippen LogP contribution < -0.4 is 5.32 Å². The van der Waals surface area contributed by atoms with Crippen LogP contribution in [0.1, 0.15) is 12.0 Å². The molecule has 4 nitrogen and oxygen atoms in total. The van der Waals surface area contributed by atoms with E-state index in [-0.39, 0.29) is 17.4 Å². The lowest BCUT2D eigenvalue weighted by Gasteiger charge is -2.10. The quantitative estimate of drug-likeness (QED) is 0.886. The van der Waals surface area contributed by atoms with Gasteiger partial charge in [-0.1, -0.05) is 6.07 Å². The van der Waals surface area contributed by atoms with E-state index in [2.05, 4.69) is 5.32 Å². The first kappa shape index (κ1) is 13.0. The molecule has 1 fully saturated rings. The molecule has 1 saturated heterocycles. The van der Waals surface area contributed by atoms with Gasteiger partial charge in [-0.15, -0.1) is 0 Å². The summed E-state index contributed by atoms with van der Waals surface area (Å²) in [5.41, 5.74) is 0.851. The van der Waals surface area contributed by atoms with Gasteiger partial charge >= 0.3 is 0 Å². The van der Waals surface area contributed by atoms with Gasteiger partial charge in [-0.3, -0.25) is 4.79 Å². The predicted octanol–water partition coefficient (Wildman–Crippen LogP) is 1.51. The third kappa shape index (κ3) is 2.87. The van der Waals surface area contributed by atoms with Crippen LogP contribution in [0.25, 0.3) is 0 Å². The second-order valence-electron chi connectivity index (χ2n) is 4.55. The minimum Gasteiger partial charge on any atom is -0.326 e. The summed E-state index contributed by atoms with van der Waals surface area (Å²) in [7, 11) is -3.08. The van der Waals surface area contributed by atoms with Crippen LogP contribution in [0.15, 0.2) is 18.2 Å². The highest BCUT2D eigenvalue weighted by atomic mass is 32.2. The Hall–Kier alpha value is -1.43. The third-order valence-corrected chi connectivity index (χ3v) is 4.81. The fourth-order valence-electron chi connectivity index (χ4n) is 1.92. The fraction of sp³-hybridized carbons (Fsp3) is 0.417. The Morgan fingerprint density at radius 1 is 1.44 bits per heavy atom. The number of carbonyl (C=O) groups excluding carboxylic acids is 1. The Balaban J connectivity index is 2.06. The molecule has 1 heterocycles. The lowest BCUT2D eigenvalue weighted by molar-refractivity contribution is -0.119. The van der Waals surface area contributed by atoms with E-state index in [4.69, 9.17) is 0 Å². The Morgan fingerprint density at radius 3 is 2.72 bits per heavy atom. The van der Waals surface area contributed by atoms with Crippen molar-refractivity contribution in [3.63, 3.8) is 0 Å². The fourth-order valence-corrected chi connectivity index (χ4v) is 3.66. The number of rotatable bonds is 2. The first-order valence-electron chi connectivity index (χ1n) is 5.65. The highest BCUT2D eigenvalue weighted by Crippen LogP contribution is 2.21. The van der Waals surface area contributed by atoms with E-state index >= 15 is 0 Å². The third-order valence-electron chi connectivity index (χ3n) is 3.04. The Morgan fingerprint density at radius 2 is 2.17 bits per heavy atom. The first-order chi connectivity index (χ1) is 8.37. The van der Waals surface area contributed by atoms with E-state index in [0.29, 0.717) is 17.7 Å². The van der Waals surface area contributed by atoms with Gasteiger partial charge in [0.1, 0.15) is 5.82 Å². The molecule has 1 aromatic rings. The minimum absolute atomic E-state index is 0.0490. The lowest BCUT2D eigenvalue weighted by atomic mass is 10.1. The average Bonchev–Trinajstić information content (AvgIpc) is 2.64. The highest BCUT2D eigenvalue weighted by Gasteiger charge is 2.32. The van der Waals surface area contributed by atoms with Crippen molar-refractivity contribution in [3.05, 3.63) is 29.6 Å². The topological polar surface area (TPSA) is 63.2 Å². The molecule has 1 N–H and O–H groups in total. The Kier molecular flexibility index (Phi) is 3.38. The van der Waals surface area contributed by atoms with Gasteiger partial charge in [-0.05, 0) is 31.0 Å². The Bertz CT molecular complexity index is 583. The maximum Gasteiger partial charge on any atom is 0.228 e. The van der Waals surface area contributed by atoms with Gasteiger partial charge in [-0.2, -0.15) is 0 Å². The number of carbonyl (C=O) groups is 1. The molecular weight excluding hydrogens is 257 g/mol. The number of benzene rings is 1. The molecule has 6 heteroatoms. The largest absolute Gasteiger partial charge is 0.326 e. The Labute approximate surface area is 105 Å². The van der Waals surface area contributed by atoms with E-state index in [1.54, 1.807) is 19.1 Å². The van der Waals surface area contributed by atoms with Crippen molar-refractivity contribution in [2.45, 2.75) is 13.3 Å². The zero-order chi connectivity index (χ0) is 13.3. The number of amides is 1. The van der Waals surface area contributed by atoms with Gasteiger partial charge in [0.25, 0.3) is 0 Å². The van der Waals surface area contributed by atoms with Crippen LogP contribution in [-0.4, -0.2) is 25.8 Å². The summed E-state index contributed by atoms with van der Waals surface area (Å²) in [6.45, 7) is 1.63. The van der Waals surface area contributed by atoms with Gasteiger partial charge in [0.05, 0.1) is 17.4 Å². The second kappa shape index (κ2) is 4.68. The molecule has 0 aliphatic carbocycles. The second-order valence-corrected chi connectivity index (χ2v) is 6.78. The summed E-state index contributed by atoms with van der Waals surface area (Å²) in [5, 5.41) is 2.55. The molecule has 1 atom stereocenters. The molecule has 1 aliphatic rings. The SMILES string of the molecule is Cc1ccc(NC(=O)C2CCS(=O)(=O)C2)cc1F. The van der Waals surface area contributed by atoms with Crippen LogP contribution in [-0.2, 0) is 14.6 Å². The van der Waals surface area contributed by atoms with E-state index in [1.165, 1.54) is 6.07 Å². The van der Waals surface area contributed by atoms with E-state index < -0.39 is 21.6 Å². The van der Waals surface area contributed by atoms with Gasteiger partial charge in [0.15, 0.2) is 9.84 Å². The van der Waals surface area contributed by atoms with Gasteiger partial charge in [0, 0.05) is 5.69 Å². The smallest absolute Gasteiger partial charge is 0.228 e. The van der Waals surface area contributed by atoms with Crippen LogP contribution in [0, 0.1) is 18.7 Å². The lowest BCUT2D eigenvalue weighted by Crippen LogP contribution is -2.23. The van der Waals surface area contributed by atoms with Crippen molar-refractivity contribution in [1.29, 1.82) is 0 Å². The molecule has 0 radical (unpaired) electrons. The van der Waals surface area contributed by atoms with Crippen LogP contribution in [0.3, 0.4) is 0 Å². The normalized spacial score (nSPS) is 21.8. The molecule has 98 valence electrons. The maximum absolute atomic E-state index is 13.3. The molecule has 1 aromatic carbocycles. The van der Waals surface area contributed by atoms with Crippen LogP contribution in [0.2, 0.25) is 0 Å². The number of hydrogen-bond acceptors (Lipinski definition) is 3. The zero-order valence-corrected chi connectivity index (χ0v) is 10.8. The van der Waals surface area contributed by atoms with Crippen LogP contribution >= 0.6 is 0 Å². The van der Waals surface area contributed by atoms with Gasteiger partial charge < -0.3 is 5.32 Å². The molecule has 2 rings (SSSR count). The monoisotopic (exact) mass is 271 g/mol. The van der Waals surface area contributed by atoms with Gasteiger partial charge in [-0.25, -0.2) is 12.8 Å². The molecule has 0 saturated carbocycles. The van der Waals surface area contributed by atoms with E-state index in [0.717, 1.165) is 0 Å². The number of hydrogen-bond donors (Lipinski definition) is 1. The molecule has 0 spiro atoms. The van der Waals surface area contributed by atoms with Crippen LogP contribution in [0.4, 0.5) is 10.1 Å². The zero-order valence-electron chi connectivity index (χ0n) is 9.94. The molecule has 1 unspecified atom stereocenters. The minimum atomic E-state index is -3.08. The summed E-state index contributed by atoms with van der Waals surface area (Å²) >= 11 is 0. The van der Waals surface area contributed by atoms with Crippen molar-refractivity contribution in [1.82, 2.24) is 0 Å². The number of aryl methyl sites for hydroxylation is 1. The summed E-state index contributed by atoms with van der Waals surface area (Å²) in [4.78, 5) is 11.8. The summed E-state index contributed by atoms with van der Waals surface area (Å²) in [5.74, 6) is -1.36. The van der Waals surface area contributed by atoms with E-state index in [1.807, 2.05) is 0 Å². The average molecular weight is 271 g/mol. The highest BCUT2D eigenvalue weighted by molar-refractivity contribution is 7.91. The molecule has 1 aliphatic heterocycles. The van der Waals surface area contributed by atoms with Crippen molar-refractivity contribution in [2.75, 3.05) is 16.8 Å². The number of halogens is 1. The van der Waals surface area contributed by atoms with Crippen molar-refractivity contribution < 1.29 is 17.6 Å². The molecule has 0 aromatic heterocycles. The molecule has 1 amide bonds. The number of sulfone groups is 1.